The van der Waals surface area contributed by atoms with Gasteiger partial charge in [0.05, 0.1) is 6.54 Å². The first-order chi connectivity index (χ1) is 13.2. The van der Waals surface area contributed by atoms with Gasteiger partial charge in [0.25, 0.3) is 0 Å². The minimum absolute atomic E-state index is 0.0407. The van der Waals surface area contributed by atoms with Crippen LogP contribution in [0.1, 0.15) is 32.1 Å². The summed E-state index contributed by atoms with van der Waals surface area (Å²) in [6, 6.07) is 10.5. The Hall–Kier alpha value is -2.08. The topological polar surface area (TPSA) is 64.7 Å². The van der Waals surface area contributed by atoms with Crippen molar-refractivity contribution < 1.29 is 9.59 Å². The van der Waals surface area contributed by atoms with Crippen LogP contribution in [0, 0.1) is 5.92 Å². The van der Waals surface area contributed by atoms with Crippen molar-refractivity contribution >= 4 is 17.5 Å². The molecule has 0 unspecified atom stereocenters. The van der Waals surface area contributed by atoms with Crippen LogP contribution in [0.4, 0.5) is 5.69 Å². The number of para-hydroxylation sites is 1. The minimum atomic E-state index is -0.0877. The number of rotatable bonds is 8. The monoisotopic (exact) mass is 372 g/mol. The van der Waals surface area contributed by atoms with Crippen LogP contribution >= 0.6 is 0 Å². The van der Waals surface area contributed by atoms with Crippen LogP contribution < -0.4 is 15.5 Å². The van der Waals surface area contributed by atoms with E-state index in [1.807, 2.05) is 6.07 Å². The average Bonchev–Trinajstić information content (AvgIpc) is 3.25. The van der Waals surface area contributed by atoms with Gasteiger partial charge in [-0.1, -0.05) is 31.0 Å². The number of nitrogens with zero attached hydrogens (tertiary/aromatic N) is 2. The number of carbonyl (C=O) groups is 2. The number of amides is 2. The molecule has 148 valence electrons. The summed E-state index contributed by atoms with van der Waals surface area (Å²) in [5.74, 6) is 0.0709. The summed E-state index contributed by atoms with van der Waals surface area (Å²) >= 11 is 0. The molecule has 1 saturated carbocycles. The van der Waals surface area contributed by atoms with Crippen molar-refractivity contribution in [2.24, 2.45) is 5.92 Å². The van der Waals surface area contributed by atoms with Crippen LogP contribution in [0.25, 0.3) is 0 Å². The van der Waals surface area contributed by atoms with Gasteiger partial charge in [-0.25, -0.2) is 0 Å². The van der Waals surface area contributed by atoms with E-state index in [1.54, 1.807) is 0 Å². The van der Waals surface area contributed by atoms with Crippen molar-refractivity contribution in [2.45, 2.75) is 32.1 Å². The lowest BCUT2D eigenvalue weighted by atomic mass is 10.1. The lowest BCUT2D eigenvalue weighted by molar-refractivity contribution is -0.128. The highest BCUT2D eigenvalue weighted by atomic mass is 16.2. The standard InChI is InChI=1S/C21H32N4O2/c26-20(17-23-21(27)18-7-4-5-8-18)22-11-6-12-24-13-15-25(16-14-24)19-9-2-1-3-10-19/h1-3,9-10,18H,4-8,11-17H2,(H,22,26)(H,23,27). The van der Waals surface area contributed by atoms with E-state index >= 15 is 0 Å². The first-order valence-corrected chi connectivity index (χ1v) is 10.3. The fourth-order valence-corrected chi connectivity index (χ4v) is 3.96. The predicted octanol–water partition coefficient (Wildman–Crippen LogP) is 1.62. The van der Waals surface area contributed by atoms with Crippen molar-refractivity contribution in [2.75, 3.05) is 50.7 Å². The van der Waals surface area contributed by atoms with Crippen molar-refractivity contribution in [1.82, 2.24) is 15.5 Å². The Kier molecular flexibility index (Phi) is 7.51. The Morgan fingerprint density at radius 2 is 1.67 bits per heavy atom. The molecule has 1 aliphatic carbocycles. The average molecular weight is 373 g/mol. The molecule has 27 heavy (non-hydrogen) atoms. The summed E-state index contributed by atoms with van der Waals surface area (Å²) in [6.07, 6.45) is 5.12. The molecule has 1 aromatic carbocycles. The quantitative estimate of drug-likeness (QED) is 0.681. The van der Waals surface area contributed by atoms with Gasteiger partial charge in [0.15, 0.2) is 0 Å². The van der Waals surface area contributed by atoms with E-state index in [-0.39, 0.29) is 24.3 Å². The SMILES string of the molecule is O=C(CNC(=O)C1CCCC1)NCCCN1CCN(c2ccccc2)CC1. The number of benzene rings is 1. The fraction of sp³-hybridized carbons (Fsp3) is 0.619. The molecule has 1 saturated heterocycles. The van der Waals surface area contributed by atoms with Crippen molar-refractivity contribution in [3.05, 3.63) is 30.3 Å². The van der Waals surface area contributed by atoms with Crippen molar-refractivity contribution in [3.8, 4) is 0 Å². The van der Waals surface area contributed by atoms with E-state index in [2.05, 4.69) is 44.7 Å². The molecular weight excluding hydrogens is 340 g/mol. The van der Waals surface area contributed by atoms with Gasteiger partial charge in [-0.3, -0.25) is 14.5 Å². The third-order valence-corrected chi connectivity index (χ3v) is 5.62. The van der Waals surface area contributed by atoms with Crippen LogP contribution in [0.5, 0.6) is 0 Å². The minimum Gasteiger partial charge on any atom is -0.369 e. The molecular formula is C21H32N4O2. The van der Waals surface area contributed by atoms with Gasteiger partial charge in [0.1, 0.15) is 0 Å². The van der Waals surface area contributed by atoms with Gasteiger partial charge < -0.3 is 15.5 Å². The van der Waals surface area contributed by atoms with E-state index in [4.69, 9.17) is 0 Å². The second-order valence-corrected chi connectivity index (χ2v) is 7.57. The molecule has 1 heterocycles. The van der Waals surface area contributed by atoms with E-state index in [9.17, 15) is 9.59 Å². The van der Waals surface area contributed by atoms with Crippen molar-refractivity contribution in [1.29, 1.82) is 0 Å². The maximum atomic E-state index is 11.9. The first-order valence-electron chi connectivity index (χ1n) is 10.3. The van der Waals surface area contributed by atoms with E-state index in [1.165, 1.54) is 5.69 Å². The smallest absolute Gasteiger partial charge is 0.239 e. The van der Waals surface area contributed by atoms with Crippen LogP contribution in [0.3, 0.4) is 0 Å². The van der Waals surface area contributed by atoms with E-state index in [0.717, 1.165) is 64.8 Å². The number of hydrogen-bond donors (Lipinski definition) is 2. The molecule has 0 radical (unpaired) electrons. The molecule has 0 spiro atoms. The van der Waals surface area contributed by atoms with Gasteiger partial charge in [-0.2, -0.15) is 0 Å². The Labute approximate surface area is 162 Å². The highest BCUT2D eigenvalue weighted by molar-refractivity contribution is 5.85. The van der Waals surface area contributed by atoms with Crippen LogP contribution in [-0.2, 0) is 9.59 Å². The van der Waals surface area contributed by atoms with Crippen LogP contribution in [0.15, 0.2) is 30.3 Å². The Morgan fingerprint density at radius 3 is 2.37 bits per heavy atom. The third-order valence-electron chi connectivity index (χ3n) is 5.62. The van der Waals surface area contributed by atoms with Gasteiger partial charge in [0.2, 0.25) is 11.8 Å². The van der Waals surface area contributed by atoms with E-state index in [0.29, 0.717) is 6.54 Å². The summed E-state index contributed by atoms with van der Waals surface area (Å²) in [5.41, 5.74) is 1.30. The zero-order chi connectivity index (χ0) is 18.9. The maximum Gasteiger partial charge on any atom is 0.239 e. The summed E-state index contributed by atoms with van der Waals surface area (Å²) in [4.78, 5) is 28.7. The molecule has 1 aromatic rings. The predicted molar refractivity (Wildman–Crippen MR) is 108 cm³/mol. The Bertz CT molecular complexity index is 593. The summed E-state index contributed by atoms with van der Waals surface area (Å²) in [7, 11) is 0. The van der Waals surface area contributed by atoms with Gasteiger partial charge in [0, 0.05) is 44.3 Å². The normalized spacial score (nSPS) is 18.4. The number of hydrogen-bond acceptors (Lipinski definition) is 4. The Morgan fingerprint density at radius 1 is 0.963 bits per heavy atom. The van der Waals surface area contributed by atoms with Gasteiger partial charge >= 0.3 is 0 Å². The summed E-state index contributed by atoms with van der Waals surface area (Å²) < 4.78 is 0. The zero-order valence-electron chi connectivity index (χ0n) is 16.2. The highest BCUT2D eigenvalue weighted by Crippen LogP contribution is 2.24. The fourth-order valence-electron chi connectivity index (χ4n) is 3.96. The number of carbonyl (C=O) groups excluding carboxylic acids is 2. The second-order valence-electron chi connectivity index (χ2n) is 7.57. The van der Waals surface area contributed by atoms with Crippen molar-refractivity contribution in [3.63, 3.8) is 0 Å². The second kappa shape index (κ2) is 10.3. The van der Waals surface area contributed by atoms with Gasteiger partial charge in [-0.15, -0.1) is 0 Å². The van der Waals surface area contributed by atoms with Gasteiger partial charge in [-0.05, 0) is 37.9 Å². The molecule has 2 fully saturated rings. The molecule has 0 aromatic heterocycles. The molecule has 3 rings (SSSR count). The maximum absolute atomic E-state index is 11.9. The molecule has 0 bridgehead atoms. The molecule has 6 heteroatoms. The third kappa shape index (κ3) is 6.24. The molecule has 6 nitrogen and oxygen atoms in total. The zero-order valence-corrected chi connectivity index (χ0v) is 16.2. The largest absolute Gasteiger partial charge is 0.369 e. The lowest BCUT2D eigenvalue weighted by Gasteiger charge is -2.36. The van der Waals surface area contributed by atoms with Crippen LogP contribution in [-0.4, -0.2) is 62.5 Å². The summed E-state index contributed by atoms with van der Waals surface area (Å²) in [6.45, 7) is 5.97. The Balaban J connectivity index is 1.23. The summed E-state index contributed by atoms with van der Waals surface area (Å²) in [5, 5.41) is 5.68. The first kappa shape index (κ1) is 19.7. The molecule has 0 atom stereocenters. The number of anilines is 1. The number of nitrogens with one attached hydrogen (secondary N) is 2. The van der Waals surface area contributed by atoms with Crippen LogP contribution in [0.2, 0.25) is 0 Å². The molecule has 2 amide bonds. The lowest BCUT2D eigenvalue weighted by Crippen LogP contribution is -2.47. The highest BCUT2D eigenvalue weighted by Gasteiger charge is 2.22. The van der Waals surface area contributed by atoms with E-state index < -0.39 is 0 Å². The molecule has 1 aliphatic heterocycles. The number of piperazine rings is 1. The molecule has 2 N–H and O–H groups in total. The molecule has 2 aliphatic rings.